The molecule has 0 aliphatic carbocycles. The highest BCUT2D eigenvalue weighted by Crippen LogP contribution is 2.30. The Morgan fingerprint density at radius 2 is 1.85 bits per heavy atom. The zero-order valence-corrected chi connectivity index (χ0v) is 23.9. The zero-order chi connectivity index (χ0) is 28.2. The summed E-state index contributed by atoms with van der Waals surface area (Å²) in [5.41, 5.74) is 1.50. The first-order chi connectivity index (χ1) is 18.8. The molecule has 1 aliphatic heterocycles. The Kier molecular flexibility index (Phi) is 12.0. The van der Waals surface area contributed by atoms with Gasteiger partial charge in [0.2, 0.25) is 0 Å². The Morgan fingerprint density at radius 3 is 2.54 bits per heavy atom. The topological polar surface area (TPSA) is 89.6 Å². The number of carbonyl (C=O) groups is 2. The van der Waals surface area contributed by atoms with E-state index < -0.39 is 6.09 Å². The number of rotatable bonds is 13. The molecule has 2 amide bonds. The van der Waals surface area contributed by atoms with Crippen LogP contribution < -0.4 is 14.8 Å². The lowest BCUT2D eigenvalue weighted by atomic mass is 9.90. The molecule has 1 aliphatic rings. The third-order valence-electron chi connectivity index (χ3n) is 6.79. The summed E-state index contributed by atoms with van der Waals surface area (Å²) in [5.74, 6) is 1.26. The second-order valence-corrected chi connectivity index (χ2v) is 10.3. The molecule has 3 rings (SSSR count). The van der Waals surface area contributed by atoms with Crippen LogP contribution in [0, 0.1) is 5.92 Å². The molecule has 212 valence electrons. The molecule has 0 aromatic heterocycles. The quantitative estimate of drug-likeness (QED) is 0.309. The van der Waals surface area contributed by atoms with E-state index in [2.05, 4.69) is 18.1 Å². The molecule has 0 spiro atoms. The Balaban J connectivity index is 1.64. The van der Waals surface area contributed by atoms with E-state index in [1.807, 2.05) is 49.1 Å². The number of carbonyl (C=O) groups excluding carboxylic acids is 2. The molecule has 1 saturated heterocycles. The highest BCUT2D eigenvalue weighted by Gasteiger charge is 2.34. The molecule has 0 saturated carbocycles. The van der Waals surface area contributed by atoms with Crippen molar-refractivity contribution in [2.24, 2.45) is 5.92 Å². The van der Waals surface area contributed by atoms with E-state index in [1.165, 1.54) is 0 Å². The van der Waals surface area contributed by atoms with Crippen LogP contribution in [-0.4, -0.2) is 88.8 Å². The number of benzene rings is 2. The molecule has 9 nitrogen and oxygen atoms in total. The van der Waals surface area contributed by atoms with Gasteiger partial charge < -0.3 is 34.0 Å². The van der Waals surface area contributed by atoms with Gasteiger partial charge in [0.15, 0.2) is 19.5 Å². The summed E-state index contributed by atoms with van der Waals surface area (Å²) in [5, 5.41) is 2.91. The average molecular weight is 539 g/mol. The molecule has 1 heterocycles. The predicted molar refractivity (Wildman–Crippen MR) is 153 cm³/mol. The van der Waals surface area contributed by atoms with Crippen molar-refractivity contribution < 1.29 is 28.5 Å². The maximum absolute atomic E-state index is 13.8. The first-order valence-corrected chi connectivity index (χ1v) is 13.6. The molecule has 0 bridgehead atoms. The van der Waals surface area contributed by atoms with Crippen LogP contribution in [0.4, 0.5) is 4.79 Å². The van der Waals surface area contributed by atoms with Gasteiger partial charge in [0.05, 0.1) is 13.7 Å². The Hall–Kier alpha value is -3.24. The second kappa shape index (κ2) is 15.4. The number of nitrogens with one attached hydrogen (secondary N) is 1. The highest BCUT2D eigenvalue weighted by molar-refractivity contribution is 6.04. The summed E-state index contributed by atoms with van der Waals surface area (Å²) in [4.78, 5) is 30.3. The normalized spacial score (nSPS) is 17.5. The van der Waals surface area contributed by atoms with Crippen molar-refractivity contribution in [3.8, 4) is 11.5 Å². The van der Waals surface area contributed by atoms with Crippen LogP contribution in [0.5, 0.6) is 11.5 Å². The van der Waals surface area contributed by atoms with E-state index in [9.17, 15) is 9.59 Å². The van der Waals surface area contributed by atoms with Crippen LogP contribution in [0.1, 0.15) is 42.6 Å². The lowest BCUT2D eigenvalue weighted by Gasteiger charge is -2.43. The minimum Gasteiger partial charge on any atom is -0.493 e. The van der Waals surface area contributed by atoms with E-state index in [-0.39, 0.29) is 30.5 Å². The maximum Gasteiger partial charge on any atom is 0.407 e. The summed E-state index contributed by atoms with van der Waals surface area (Å²) >= 11 is 0. The molecular formula is C29H42BN3O6. The van der Waals surface area contributed by atoms with Crippen molar-refractivity contribution in [2.75, 3.05) is 47.1 Å². The monoisotopic (exact) mass is 539 g/mol. The van der Waals surface area contributed by atoms with Gasteiger partial charge >= 0.3 is 6.09 Å². The van der Waals surface area contributed by atoms with Gasteiger partial charge in [-0.05, 0) is 56.5 Å². The second-order valence-electron chi connectivity index (χ2n) is 10.3. The number of nitrogens with zero attached hydrogens (tertiary/aromatic N) is 2. The smallest absolute Gasteiger partial charge is 0.407 e. The fraction of sp³-hybridized carbons (Fsp3) is 0.517. The first kappa shape index (κ1) is 30.3. The SMILES string of the molecule is BN1CC(CNC(=O)OCc2ccccc2)CC(N(C(=O)c2ccc(OC)c(OCCCOC)c2)C(C)C)C1. The number of amides is 2. The average Bonchev–Trinajstić information content (AvgIpc) is 2.93. The van der Waals surface area contributed by atoms with Crippen LogP contribution in [0.25, 0.3) is 0 Å². The van der Waals surface area contributed by atoms with Gasteiger partial charge in [-0.1, -0.05) is 30.3 Å². The zero-order valence-electron chi connectivity index (χ0n) is 23.9. The standard InChI is InChI=1S/C29H42BN3O6/c1-21(2)33(28(34)24-11-12-26(37-4)27(16-24)38-14-8-13-36-3)25-15-23(18-32(30)19-25)17-31-29(35)39-20-22-9-6-5-7-10-22/h5-7,9-12,16,21,23,25H,8,13-15,17-20,30H2,1-4H3,(H,31,35). The van der Waals surface area contributed by atoms with Gasteiger partial charge in [0, 0.05) is 50.9 Å². The number of ether oxygens (including phenoxy) is 4. The molecule has 2 atom stereocenters. The number of alkyl carbamates (subject to hydrolysis) is 1. The molecule has 39 heavy (non-hydrogen) atoms. The largest absolute Gasteiger partial charge is 0.493 e. The molecule has 10 heteroatoms. The third-order valence-corrected chi connectivity index (χ3v) is 6.79. The number of methoxy groups -OCH3 is 2. The summed E-state index contributed by atoms with van der Waals surface area (Å²) in [6.45, 7) is 7.43. The summed E-state index contributed by atoms with van der Waals surface area (Å²) < 4.78 is 21.8. The van der Waals surface area contributed by atoms with Crippen LogP contribution in [-0.2, 0) is 16.1 Å². The van der Waals surface area contributed by atoms with Crippen LogP contribution in [0.15, 0.2) is 48.5 Å². The first-order valence-electron chi connectivity index (χ1n) is 13.6. The molecule has 1 N–H and O–H groups in total. The lowest BCUT2D eigenvalue weighted by molar-refractivity contribution is 0.0464. The molecule has 1 fully saturated rings. The fourth-order valence-corrected chi connectivity index (χ4v) is 5.04. The van der Waals surface area contributed by atoms with Gasteiger partial charge in [-0.2, -0.15) is 0 Å². The fourth-order valence-electron chi connectivity index (χ4n) is 5.04. The van der Waals surface area contributed by atoms with Crippen molar-refractivity contribution in [1.82, 2.24) is 15.0 Å². The predicted octanol–water partition coefficient (Wildman–Crippen LogP) is 3.13. The molecule has 0 radical (unpaired) electrons. The molecule has 2 aromatic carbocycles. The summed E-state index contributed by atoms with van der Waals surface area (Å²) in [6, 6.07) is 14.9. The van der Waals surface area contributed by atoms with Crippen LogP contribution in [0.2, 0.25) is 0 Å². The van der Waals surface area contributed by atoms with Gasteiger partial charge in [-0.3, -0.25) is 4.79 Å². The van der Waals surface area contributed by atoms with Gasteiger partial charge in [-0.15, -0.1) is 0 Å². The summed E-state index contributed by atoms with van der Waals surface area (Å²) in [6.07, 6.45) is 1.08. The van der Waals surface area contributed by atoms with Crippen molar-refractivity contribution >= 4 is 20.0 Å². The van der Waals surface area contributed by atoms with Crippen molar-refractivity contribution in [3.63, 3.8) is 0 Å². The van der Waals surface area contributed by atoms with Crippen molar-refractivity contribution in [1.29, 1.82) is 0 Å². The Morgan fingerprint density at radius 1 is 1.08 bits per heavy atom. The van der Waals surface area contributed by atoms with Crippen LogP contribution >= 0.6 is 0 Å². The van der Waals surface area contributed by atoms with E-state index in [0.29, 0.717) is 36.8 Å². The number of hydrogen-bond acceptors (Lipinski definition) is 7. The number of hydrogen-bond donors (Lipinski definition) is 1. The minimum absolute atomic E-state index is 0.00318. The third kappa shape index (κ3) is 9.18. The van der Waals surface area contributed by atoms with Crippen molar-refractivity contribution in [3.05, 3.63) is 59.7 Å². The minimum atomic E-state index is -0.434. The summed E-state index contributed by atoms with van der Waals surface area (Å²) in [7, 11) is 5.29. The van der Waals surface area contributed by atoms with E-state index >= 15 is 0 Å². The van der Waals surface area contributed by atoms with Crippen LogP contribution in [0.3, 0.4) is 0 Å². The van der Waals surface area contributed by atoms with Gasteiger partial charge in [-0.25, -0.2) is 4.79 Å². The van der Waals surface area contributed by atoms with E-state index in [1.54, 1.807) is 32.4 Å². The lowest BCUT2D eigenvalue weighted by Crippen LogP contribution is -2.55. The number of piperidine rings is 1. The van der Waals surface area contributed by atoms with E-state index in [0.717, 1.165) is 31.5 Å². The van der Waals surface area contributed by atoms with Gasteiger partial charge in [0.1, 0.15) is 6.61 Å². The Bertz CT molecular complexity index is 1050. The molecule has 2 aromatic rings. The van der Waals surface area contributed by atoms with E-state index in [4.69, 9.17) is 18.9 Å². The van der Waals surface area contributed by atoms with Crippen molar-refractivity contribution in [2.45, 2.75) is 45.4 Å². The van der Waals surface area contributed by atoms with Gasteiger partial charge in [0.25, 0.3) is 5.91 Å². The Labute approximate surface area is 233 Å². The molecular weight excluding hydrogens is 497 g/mol. The highest BCUT2D eigenvalue weighted by atomic mass is 16.5. The molecule has 2 unspecified atom stereocenters. The maximum atomic E-state index is 13.8.